The maximum absolute atomic E-state index is 12.4. The summed E-state index contributed by atoms with van der Waals surface area (Å²) in [5.74, 6) is 0. The van der Waals surface area contributed by atoms with Crippen molar-refractivity contribution >= 4 is 11.7 Å². The van der Waals surface area contributed by atoms with Crippen LogP contribution < -0.4 is 10.2 Å². The normalized spacial score (nSPS) is 16.7. The van der Waals surface area contributed by atoms with Gasteiger partial charge in [-0.3, -0.25) is 0 Å². The smallest absolute Gasteiger partial charge is 0.317 e. The highest BCUT2D eigenvalue weighted by atomic mass is 16.3. The monoisotopic (exact) mass is 347 g/mol. The van der Waals surface area contributed by atoms with Crippen LogP contribution in [0.3, 0.4) is 0 Å². The number of aliphatic hydroxyl groups is 1. The maximum atomic E-state index is 12.4. The molecule has 0 aromatic heterocycles. The molecule has 1 fully saturated rings. The topological polar surface area (TPSA) is 55.8 Å². The lowest BCUT2D eigenvalue weighted by Crippen LogP contribution is -2.53. The van der Waals surface area contributed by atoms with E-state index in [1.807, 2.05) is 4.90 Å². The zero-order chi connectivity index (χ0) is 18.6. The first-order valence-electron chi connectivity index (χ1n) is 9.21. The van der Waals surface area contributed by atoms with Gasteiger partial charge in [0, 0.05) is 38.4 Å². The summed E-state index contributed by atoms with van der Waals surface area (Å²) in [5.41, 5.74) is 3.79. The number of nitrogens with zero attached hydrogens (tertiary/aromatic N) is 2. The van der Waals surface area contributed by atoms with Crippen molar-refractivity contribution in [2.24, 2.45) is 5.41 Å². The molecule has 1 saturated heterocycles. The molecule has 25 heavy (non-hydrogen) atoms. The van der Waals surface area contributed by atoms with Crippen molar-refractivity contribution in [1.82, 2.24) is 10.2 Å². The van der Waals surface area contributed by atoms with Gasteiger partial charge in [0.25, 0.3) is 0 Å². The third kappa shape index (κ3) is 5.36. The van der Waals surface area contributed by atoms with Gasteiger partial charge in [0.05, 0.1) is 6.10 Å². The fourth-order valence-corrected chi connectivity index (χ4v) is 3.53. The SMILES string of the molecule is Cc1cccc(N2CCN(C(=O)NCC(C)(C)CC(C)O)CC2)c1C. The highest BCUT2D eigenvalue weighted by Crippen LogP contribution is 2.24. The van der Waals surface area contributed by atoms with E-state index in [-0.39, 0.29) is 17.6 Å². The summed E-state index contributed by atoms with van der Waals surface area (Å²) in [7, 11) is 0. The summed E-state index contributed by atoms with van der Waals surface area (Å²) >= 11 is 0. The van der Waals surface area contributed by atoms with E-state index in [1.165, 1.54) is 16.8 Å². The number of rotatable bonds is 5. The van der Waals surface area contributed by atoms with Gasteiger partial charge in [0.15, 0.2) is 0 Å². The molecule has 1 aliphatic rings. The molecular weight excluding hydrogens is 314 g/mol. The molecule has 5 nitrogen and oxygen atoms in total. The molecule has 0 saturated carbocycles. The summed E-state index contributed by atoms with van der Waals surface area (Å²) in [5, 5.41) is 12.6. The van der Waals surface area contributed by atoms with Crippen molar-refractivity contribution < 1.29 is 9.90 Å². The van der Waals surface area contributed by atoms with Gasteiger partial charge in [-0.15, -0.1) is 0 Å². The molecule has 1 atom stereocenters. The molecule has 2 rings (SSSR count). The molecule has 1 aromatic carbocycles. The Kier molecular flexibility index (Phi) is 6.33. The summed E-state index contributed by atoms with van der Waals surface area (Å²) in [6, 6.07) is 6.40. The zero-order valence-corrected chi connectivity index (χ0v) is 16.3. The first-order valence-corrected chi connectivity index (χ1v) is 9.21. The van der Waals surface area contributed by atoms with Crippen LogP contribution in [0.25, 0.3) is 0 Å². The Morgan fingerprint density at radius 1 is 1.24 bits per heavy atom. The average molecular weight is 348 g/mol. The zero-order valence-electron chi connectivity index (χ0n) is 16.3. The van der Waals surface area contributed by atoms with E-state index in [0.717, 1.165) is 26.2 Å². The van der Waals surface area contributed by atoms with Crippen LogP contribution in [0.1, 0.15) is 38.3 Å². The molecule has 0 bridgehead atoms. The number of aryl methyl sites for hydroxylation is 1. The van der Waals surface area contributed by atoms with Crippen molar-refractivity contribution in [3.8, 4) is 0 Å². The molecule has 1 aromatic rings. The quantitative estimate of drug-likeness (QED) is 0.861. The van der Waals surface area contributed by atoms with Gasteiger partial charge >= 0.3 is 6.03 Å². The maximum Gasteiger partial charge on any atom is 0.317 e. The molecule has 0 aliphatic carbocycles. The number of aliphatic hydroxyl groups excluding tert-OH is 1. The Labute approximate surface area is 152 Å². The number of carbonyl (C=O) groups is 1. The fourth-order valence-electron chi connectivity index (χ4n) is 3.53. The van der Waals surface area contributed by atoms with E-state index in [2.05, 4.69) is 56.1 Å². The van der Waals surface area contributed by atoms with Crippen molar-refractivity contribution in [2.45, 2.75) is 47.1 Å². The summed E-state index contributed by atoms with van der Waals surface area (Å²) in [6.45, 7) is 14.0. The van der Waals surface area contributed by atoms with E-state index < -0.39 is 0 Å². The van der Waals surface area contributed by atoms with Crippen LogP contribution >= 0.6 is 0 Å². The number of urea groups is 1. The average Bonchev–Trinajstić information content (AvgIpc) is 2.54. The fraction of sp³-hybridized carbons (Fsp3) is 0.650. The number of piperazine rings is 1. The number of anilines is 1. The van der Waals surface area contributed by atoms with E-state index in [9.17, 15) is 9.90 Å². The second kappa shape index (κ2) is 8.09. The minimum atomic E-state index is -0.354. The van der Waals surface area contributed by atoms with Crippen LogP contribution in [-0.4, -0.2) is 54.9 Å². The molecule has 2 N–H and O–H groups in total. The number of nitrogens with one attached hydrogen (secondary N) is 1. The molecule has 0 spiro atoms. The Hall–Kier alpha value is -1.75. The van der Waals surface area contributed by atoms with Crippen LogP contribution in [0.5, 0.6) is 0 Å². The molecule has 0 radical (unpaired) electrons. The van der Waals surface area contributed by atoms with Crippen molar-refractivity contribution in [3.05, 3.63) is 29.3 Å². The van der Waals surface area contributed by atoms with Gasteiger partial charge in [0.2, 0.25) is 0 Å². The number of benzene rings is 1. The Morgan fingerprint density at radius 3 is 2.48 bits per heavy atom. The minimum absolute atomic E-state index is 0.000665. The molecule has 1 aliphatic heterocycles. The number of amides is 2. The standard InChI is InChI=1S/C20H33N3O2/c1-15-7-6-8-18(17(15)3)22-9-11-23(12-10-22)19(25)21-14-20(4,5)13-16(2)24/h6-8,16,24H,9-14H2,1-5H3,(H,21,25). The summed E-state index contributed by atoms with van der Waals surface area (Å²) in [4.78, 5) is 16.7. The summed E-state index contributed by atoms with van der Waals surface area (Å²) < 4.78 is 0. The van der Waals surface area contributed by atoms with E-state index in [1.54, 1.807) is 6.92 Å². The Balaban J connectivity index is 1.85. The lowest BCUT2D eigenvalue weighted by Gasteiger charge is -2.37. The molecule has 1 heterocycles. The molecule has 5 heteroatoms. The second-order valence-electron chi connectivity index (χ2n) is 8.07. The van der Waals surface area contributed by atoms with E-state index in [0.29, 0.717) is 13.0 Å². The van der Waals surface area contributed by atoms with Gasteiger partial charge < -0.3 is 20.2 Å². The number of carbonyl (C=O) groups excluding carboxylic acids is 1. The predicted molar refractivity (Wildman–Crippen MR) is 103 cm³/mol. The third-order valence-electron chi connectivity index (χ3n) is 5.05. The minimum Gasteiger partial charge on any atom is -0.393 e. The number of hydrogen-bond donors (Lipinski definition) is 2. The van der Waals surface area contributed by atoms with E-state index >= 15 is 0 Å². The first-order chi connectivity index (χ1) is 11.7. The van der Waals surface area contributed by atoms with Crippen LogP contribution in [0.4, 0.5) is 10.5 Å². The van der Waals surface area contributed by atoms with Gasteiger partial charge in [0.1, 0.15) is 0 Å². The van der Waals surface area contributed by atoms with Gasteiger partial charge in [-0.2, -0.15) is 0 Å². The molecule has 2 amide bonds. The van der Waals surface area contributed by atoms with Crippen LogP contribution in [0.2, 0.25) is 0 Å². The Morgan fingerprint density at radius 2 is 1.88 bits per heavy atom. The molecular formula is C20H33N3O2. The second-order valence-corrected chi connectivity index (χ2v) is 8.07. The van der Waals surface area contributed by atoms with Gasteiger partial charge in [-0.05, 0) is 49.8 Å². The highest BCUT2D eigenvalue weighted by Gasteiger charge is 2.25. The molecule has 1 unspecified atom stereocenters. The third-order valence-corrected chi connectivity index (χ3v) is 5.05. The van der Waals surface area contributed by atoms with E-state index in [4.69, 9.17) is 0 Å². The molecule has 140 valence electrons. The van der Waals surface area contributed by atoms with Crippen molar-refractivity contribution in [3.63, 3.8) is 0 Å². The van der Waals surface area contributed by atoms with Crippen LogP contribution in [-0.2, 0) is 0 Å². The lowest BCUT2D eigenvalue weighted by atomic mass is 9.87. The lowest BCUT2D eigenvalue weighted by molar-refractivity contribution is 0.126. The van der Waals surface area contributed by atoms with Crippen molar-refractivity contribution in [1.29, 1.82) is 0 Å². The largest absolute Gasteiger partial charge is 0.393 e. The predicted octanol–water partition coefficient (Wildman–Crippen LogP) is 2.93. The highest BCUT2D eigenvalue weighted by molar-refractivity contribution is 5.74. The number of hydrogen-bond acceptors (Lipinski definition) is 3. The van der Waals surface area contributed by atoms with Gasteiger partial charge in [-0.25, -0.2) is 4.79 Å². The van der Waals surface area contributed by atoms with Crippen LogP contribution in [0.15, 0.2) is 18.2 Å². The first kappa shape index (κ1) is 19.6. The van der Waals surface area contributed by atoms with Gasteiger partial charge in [-0.1, -0.05) is 26.0 Å². The Bertz CT molecular complexity index is 591. The van der Waals surface area contributed by atoms with Crippen molar-refractivity contribution in [2.75, 3.05) is 37.6 Å². The van der Waals surface area contributed by atoms with Crippen LogP contribution in [0, 0.1) is 19.3 Å². The summed E-state index contributed by atoms with van der Waals surface area (Å²) in [6.07, 6.45) is 0.321.